The molecule has 4 aliphatic carbocycles. The van der Waals surface area contributed by atoms with Crippen LogP contribution in [0.2, 0.25) is 0 Å². The number of amides is 1. The van der Waals surface area contributed by atoms with Crippen LogP contribution in [0.3, 0.4) is 0 Å². The predicted molar refractivity (Wildman–Crippen MR) is 79.3 cm³/mol. The maximum atomic E-state index is 13.2. The van der Waals surface area contributed by atoms with E-state index >= 15 is 0 Å². The van der Waals surface area contributed by atoms with Crippen molar-refractivity contribution in [3.63, 3.8) is 0 Å². The molecule has 5 fully saturated rings. The van der Waals surface area contributed by atoms with Gasteiger partial charge >= 0.3 is 0 Å². The molecule has 1 N–H and O–H groups in total. The van der Waals surface area contributed by atoms with Gasteiger partial charge in [-0.2, -0.15) is 0 Å². The molecule has 0 aromatic rings. The second-order valence-corrected chi connectivity index (χ2v) is 8.74. The first-order valence-electron chi connectivity index (χ1n) is 8.50. The van der Waals surface area contributed by atoms with Crippen molar-refractivity contribution >= 4 is 5.91 Å². The SMILES string of the molecule is CC1(C)CN(C(=O)C23CC4CC(CC(C4)C2)C3)CCN1. The summed E-state index contributed by atoms with van der Waals surface area (Å²) in [6.07, 6.45) is 7.84. The van der Waals surface area contributed by atoms with Crippen LogP contribution in [-0.2, 0) is 4.79 Å². The molecule has 112 valence electrons. The number of hydrogen-bond acceptors (Lipinski definition) is 2. The van der Waals surface area contributed by atoms with Gasteiger partial charge in [0.15, 0.2) is 0 Å². The minimum Gasteiger partial charge on any atom is -0.339 e. The average molecular weight is 276 g/mol. The van der Waals surface area contributed by atoms with Crippen molar-refractivity contribution in [2.24, 2.45) is 23.2 Å². The molecule has 1 aliphatic heterocycles. The molecule has 5 rings (SSSR count). The van der Waals surface area contributed by atoms with Gasteiger partial charge in [0.1, 0.15) is 0 Å². The smallest absolute Gasteiger partial charge is 0.228 e. The fraction of sp³-hybridized carbons (Fsp3) is 0.941. The van der Waals surface area contributed by atoms with Gasteiger partial charge in [0.05, 0.1) is 5.41 Å². The van der Waals surface area contributed by atoms with Crippen LogP contribution in [0.4, 0.5) is 0 Å². The molecule has 20 heavy (non-hydrogen) atoms. The third kappa shape index (κ3) is 2.01. The fourth-order valence-electron chi connectivity index (χ4n) is 6.02. The predicted octanol–water partition coefficient (Wildman–Crippen LogP) is 2.41. The van der Waals surface area contributed by atoms with E-state index in [1.165, 1.54) is 38.5 Å². The van der Waals surface area contributed by atoms with Gasteiger partial charge in [0.2, 0.25) is 5.91 Å². The van der Waals surface area contributed by atoms with Crippen molar-refractivity contribution in [2.75, 3.05) is 19.6 Å². The highest BCUT2D eigenvalue weighted by Crippen LogP contribution is 2.60. The number of nitrogens with zero attached hydrogens (tertiary/aromatic N) is 1. The minimum atomic E-state index is 0.0438. The van der Waals surface area contributed by atoms with Crippen molar-refractivity contribution in [3.05, 3.63) is 0 Å². The summed E-state index contributed by atoms with van der Waals surface area (Å²) >= 11 is 0. The molecular formula is C17H28N2O. The lowest BCUT2D eigenvalue weighted by atomic mass is 9.49. The number of carbonyl (C=O) groups excluding carboxylic acids is 1. The van der Waals surface area contributed by atoms with Crippen LogP contribution in [0.5, 0.6) is 0 Å². The molecule has 0 aromatic carbocycles. The monoisotopic (exact) mass is 276 g/mol. The zero-order valence-electron chi connectivity index (χ0n) is 13.0. The molecule has 3 nitrogen and oxygen atoms in total. The van der Waals surface area contributed by atoms with Gasteiger partial charge < -0.3 is 10.2 Å². The van der Waals surface area contributed by atoms with E-state index in [1.807, 2.05) is 0 Å². The summed E-state index contributed by atoms with van der Waals surface area (Å²) in [7, 11) is 0. The van der Waals surface area contributed by atoms with Crippen LogP contribution in [0.25, 0.3) is 0 Å². The maximum Gasteiger partial charge on any atom is 0.228 e. The van der Waals surface area contributed by atoms with Crippen LogP contribution in [0.1, 0.15) is 52.4 Å². The number of rotatable bonds is 1. The highest BCUT2D eigenvalue weighted by atomic mass is 16.2. The van der Waals surface area contributed by atoms with Gasteiger partial charge in [0.25, 0.3) is 0 Å². The maximum absolute atomic E-state index is 13.2. The van der Waals surface area contributed by atoms with Gasteiger partial charge in [-0.05, 0) is 70.1 Å². The second kappa shape index (κ2) is 4.22. The lowest BCUT2D eigenvalue weighted by Gasteiger charge is -2.57. The molecule has 3 heteroatoms. The standard InChI is InChI=1S/C17H28N2O/c1-16(2)11-19(4-3-18-16)15(20)17-8-12-5-13(9-17)7-14(6-12)10-17/h12-14,18H,3-11H2,1-2H3. The molecule has 4 bridgehead atoms. The molecule has 1 heterocycles. The van der Waals surface area contributed by atoms with Crippen molar-refractivity contribution < 1.29 is 4.79 Å². The van der Waals surface area contributed by atoms with Crippen LogP contribution in [0, 0.1) is 23.2 Å². The number of hydrogen-bond donors (Lipinski definition) is 1. The highest BCUT2D eigenvalue weighted by molar-refractivity contribution is 5.83. The quantitative estimate of drug-likeness (QED) is 0.797. The number of carbonyl (C=O) groups is 1. The Balaban J connectivity index is 1.56. The Kier molecular flexibility index (Phi) is 2.77. The average Bonchev–Trinajstić information content (AvgIpc) is 2.35. The Morgan fingerprint density at radius 2 is 1.60 bits per heavy atom. The number of nitrogens with one attached hydrogen (secondary N) is 1. The summed E-state index contributed by atoms with van der Waals surface area (Å²) in [4.78, 5) is 15.4. The van der Waals surface area contributed by atoms with E-state index in [2.05, 4.69) is 24.1 Å². The molecule has 1 saturated heterocycles. The summed E-state index contributed by atoms with van der Waals surface area (Å²) < 4.78 is 0. The first-order chi connectivity index (χ1) is 9.46. The third-order valence-corrected chi connectivity index (χ3v) is 6.35. The van der Waals surface area contributed by atoms with E-state index in [1.54, 1.807) is 0 Å². The molecular weight excluding hydrogens is 248 g/mol. The molecule has 0 atom stereocenters. The fourth-order valence-corrected chi connectivity index (χ4v) is 6.02. The van der Waals surface area contributed by atoms with E-state index in [0.29, 0.717) is 5.91 Å². The molecule has 4 saturated carbocycles. The third-order valence-electron chi connectivity index (χ3n) is 6.35. The highest BCUT2D eigenvalue weighted by Gasteiger charge is 2.55. The van der Waals surface area contributed by atoms with Crippen LogP contribution in [-0.4, -0.2) is 36.0 Å². The van der Waals surface area contributed by atoms with Crippen LogP contribution in [0.15, 0.2) is 0 Å². The first kappa shape index (κ1) is 13.1. The lowest BCUT2D eigenvalue weighted by Crippen LogP contribution is -2.62. The number of piperazine rings is 1. The summed E-state index contributed by atoms with van der Waals surface area (Å²) in [6.45, 7) is 7.17. The van der Waals surface area contributed by atoms with Crippen molar-refractivity contribution in [2.45, 2.75) is 57.9 Å². The summed E-state index contributed by atoms with van der Waals surface area (Å²) in [5.74, 6) is 3.09. The van der Waals surface area contributed by atoms with Crippen molar-refractivity contribution in [1.29, 1.82) is 0 Å². The van der Waals surface area contributed by atoms with Gasteiger partial charge in [0, 0.05) is 25.2 Å². The molecule has 0 aromatic heterocycles. The topological polar surface area (TPSA) is 32.3 Å². The Bertz CT molecular complexity index is 393. The first-order valence-corrected chi connectivity index (χ1v) is 8.50. The largest absolute Gasteiger partial charge is 0.339 e. The van der Waals surface area contributed by atoms with Gasteiger partial charge in [-0.25, -0.2) is 0 Å². The molecule has 1 amide bonds. The Hall–Kier alpha value is -0.570. The van der Waals surface area contributed by atoms with E-state index in [4.69, 9.17) is 0 Å². The zero-order valence-corrected chi connectivity index (χ0v) is 13.0. The van der Waals surface area contributed by atoms with Crippen molar-refractivity contribution in [1.82, 2.24) is 10.2 Å². The molecule has 0 spiro atoms. The Morgan fingerprint density at radius 1 is 1.05 bits per heavy atom. The summed E-state index contributed by atoms with van der Waals surface area (Å²) in [5.41, 5.74) is 0.123. The zero-order chi connectivity index (χ0) is 14.0. The molecule has 5 aliphatic rings. The lowest BCUT2D eigenvalue weighted by molar-refractivity contribution is -0.159. The van der Waals surface area contributed by atoms with E-state index in [0.717, 1.165) is 37.4 Å². The van der Waals surface area contributed by atoms with Gasteiger partial charge in [-0.1, -0.05) is 0 Å². The molecule has 0 radical (unpaired) electrons. The second-order valence-electron chi connectivity index (χ2n) is 8.74. The van der Waals surface area contributed by atoms with Gasteiger partial charge in [-0.15, -0.1) is 0 Å². The van der Waals surface area contributed by atoms with Crippen LogP contribution < -0.4 is 5.32 Å². The van der Waals surface area contributed by atoms with E-state index < -0.39 is 0 Å². The van der Waals surface area contributed by atoms with Gasteiger partial charge in [-0.3, -0.25) is 4.79 Å². The Morgan fingerprint density at radius 3 is 2.10 bits per heavy atom. The Labute approximate surface area is 122 Å². The summed E-state index contributed by atoms with van der Waals surface area (Å²) in [6, 6.07) is 0. The van der Waals surface area contributed by atoms with E-state index in [9.17, 15) is 4.79 Å². The van der Waals surface area contributed by atoms with E-state index in [-0.39, 0.29) is 11.0 Å². The minimum absolute atomic E-state index is 0.0438. The van der Waals surface area contributed by atoms with Crippen molar-refractivity contribution in [3.8, 4) is 0 Å². The summed E-state index contributed by atoms with van der Waals surface area (Å²) in [5, 5.41) is 3.52. The van der Waals surface area contributed by atoms with Crippen LogP contribution >= 0.6 is 0 Å². The molecule has 0 unspecified atom stereocenters. The normalized spacial score (nSPS) is 45.7.